The molecule has 0 saturated carbocycles. The molecule has 2 rings (SSSR count). The smallest absolute Gasteiger partial charge is 0.238 e. The van der Waals surface area contributed by atoms with Crippen LogP contribution in [-0.4, -0.2) is 51.6 Å². The van der Waals surface area contributed by atoms with Crippen LogP contribution >= 0.6 is 0 Å². The number of primary sulfonamides is 1. The van der Waals surface area contributed by atoms with Crippen molar-refractivity contribution in [3.05, 3.63) is 24.3 Å². The van der Waals surface area contributed by atoms with E-state index in [1.807, 2.05) is 26.0 Å². The molecule has 0 atom stereocenters. The third-order valence-corrected chi connectivity index (χ3v) is 4.46. The summed E-state index contributed by atoms with van der Waals surface area (Å²) < 4.78 is 22.5. The zero-order valence-corrected chi connectivity index (χ0v) is 13.4. The summed E-state index contributed by atoms with van der Waals surface area (Å²) in [7, 11) is -3.62. The zero-order chi connectivity index (χ0) is 15.7. The topological polar surface area (TPSA) is 92.7 Å². The predicted molar refractivity (Wildman–Crippen MR) is 84.7 cm³/mol. The minimum absolute atomic E-state index is 0.148. The highest BCUT2D eigenvalue weighted by Crippen LogP contribution is 2.19. The minimum Gasteiger partial charge on any atom is -0.369 e. The Hall–Kier alpha value is -1.15. The molecular formula is C14H24N4O2S. The summed E-state index contributed by atoms with van der Waals surface area (Å²) in [4.78, 5) is 4.75. The Morgan fingerprint density at radius 3 is 2.05 bits per heavy atom. The van der Waals surface area contributed by atoms with Gasteiger partial charge in [0.05, 0.1) is 4.90 Å². The molecule has 0 amide bonds. The molecule has 1 aliphatic heterocycles. The van der Waals surface area contributed by atoms with Crippen molar-refractivity contribution < 1.29 is 8.42 Å². The molecular weight excluding hydrogens is 288 g/mol. The summed E-state index contributed by atoms with van der Waals surface area (Å²) in [5, 5.41) is 5.10. The number of hydrogen-bond acceptors (Lipinski definition) is 5. The summed E-state index contributed by atoms with van der Waals surface area (Å²) in [6.07, 6.45) is 0. The number of hydrogen-bond donors (Lipinski definition) is 2. The van der Waals surface area contributed by atoms with E-state index in [1.165, 1.54) is 0 Å². The first-order valence-electron chi connectivity index (χ1n) is 7.04. The number of nitrogens with two attached hydrogens (primary N) is 2. The van der Waals surface area contributed by atoms with Crippen LogP contribution in [0.1, 0.15) is 13.8 Å². The van der Waals surface area contributed by atoms with Gasteiger partial charge < -0.3 is 10.6 Å². The Morgan fingerprint density at radius 2 is 1.62 bits per heavy atom. The van der Waals surface area contributed by atoms with E-state index in [9.17, 15) is 8.42 Å². The van der Waals surface area contributed by atoms with Crippen molar-refractivity contribution in [2.24, 2.45) is 10.9 Å². The SMILES string of the molecule is CC(C)(N)CN1CCN(c2ccc(S(N)(=O)=O)cc2)CC1. The standard InChI is InChI=1S/C14H24N4O2S/c1-14(2,15)11-17-7-9-18(10-8-17)12-3-5-13(6-4-12)21(16,19)20/h3-6H,7-11,15H2,1-2H3,(H2,16,19,20). The lowest BCUT2D eigenvalue weighted by Crippen LogP contribution is -2.53. The lowest BCUT2D eigenvalue weighted by molar-refractivity contribution is 0.214. The number of piperazine rings is 1. The molecule has 0 aromatic heterocycles. The lowest BCUT2D eigenvalue weighted by atomic mass is 10.1. The van der Waals surface area contributed by atoms with Crippen LogP contribution in [0.15, 0.2) is 29.2 Å². The Morgan fingerprint density at radius 1 is 1.10 bits per heavy atom. The second kappa shape index (κ2) is 5.92. The fraction of sp³-hybridized carbons (Fsp3) is 0.571. The molecule has 21 heavy (non-hydrogen) atoms. The summed E-state index contributed by atoms with van der Waals surface area (Å²) in [5.41, 5.74) is 6.89. The van der Waals surface area contributed by atoms with Gasteiger partial charge >= 0.3 is 0 Å². The van der Waals surface area contributed by atoms with Crippen molar-refractivity contribution in [1.29, 1.82) is 0 Å². The number of rotatable bonds is 4. The second-order valence-corrected chi connectivity index (χ2v) is 7.85. The summed E-state index contributed by atoms with van der Waals surface area (Å²) in [6, 6.07) is 6.73. The average Bonchev–Trinajstić information content (AvgIpc) is 2.37. The van der Waals surface area contributed by atoms with Crippen molar-refractivity contribution in [1.82, 2.24) is 4.90 Å². The van der Waals surface area contributed by atoms with E-state index in [2.05, 4.69) is 9.80 Å². The Balaban J connectivity index is 1.96. The molecule has 0 unspecified atom stereocenters. The van der Waals surface area contributed by atoms with Crippen molar-refractivity contribution in [2.45, 2.75) is 24.3 Å². The largest absolute Gasteiger partial charge is 0.369 e. The molecule has 0 bridgehead atoms. The third kappa shape index (κ3) is 4.67. The molecule has 4 N–H and O–H groups in total. The van der Waals surface area contributed by atoms with Crippen LogP contribution < -0.4 is 15.8 Å². The van der Waals surface area contributed by atoms with Gasteiger partial charge in [0.25, 0.3) is 0 Å². The molecule has 1 aromatic rings. The van der Waals surface area contributed by atoms with E-state index in [0.29, 0.717) is 0 Å². The van der Waals surface area contributed by atoms with Crippen LogP contribution in [0.2, 0.25) is 0 Å². The normalized spacial score (nSPS) is 18.0. The van der Waals surface area contributed by atoms with Crippen molar-refractivity contribution in [3.63, 3.8) is 0 Å². The van der Waals surface area contributed by atoms with Gasteiger partial charge in [0.15, 0.2) is 0 Å². The van der Waals surface area contributed by atoms with Gasteiger partial charge in [-0.2, -0.15) is 0 Å². The van der Waals surface area contributed by atoms with Gasteiger partial charge in [-0.05, 0) is 38.1 Å². The van der Waals surface area contributed by atoms with Crippen LogP contribution in [0.4, 0.5) is 5.69 Å². The maximum atomic E-state index is 11.2. The highest BCUT2D eigenvalue weighted by Gasteiger charge is 2.22. The van der Waals surface area contributed by atoms with Crippen molar-refractivity contribution >= 4 is 15.7 Å². The first kappa shape index (κ1) is 16.2. The van der Waals surface area contributed by atoms with Gasteiger partial charge in [-0.15, -0.1) is 0 Å². The number of benzene rings is 1. The molecule has 1 aromatic carbocycles. The van der Waals surface area contributed by atoms with E-state index >= 15 is 0 Å². The summed E-state index contributed by atoms with van der Waals surface area (Å²) in [6.45, 7) is 8.67. The van der Waals surface area contributed by atoms with Gasteiger partial charge in [-0.1, -0.05) is 0 Å². The molecule has 7 heteroatoms. The first-order valence-corrected chi connectivity index (χ1v) is 8.59. The van der Waals surface area contributed by atoms with Gasteiger partial charge in [0.2, 0.25) is 10.0 Å². The van der Waals surface area contributed by atoms with E-state index < -0.39 is 10.0 Å². The molecule has 6 nitrogen and oxygen atoms in total. The highest BCUT2D eigenvalue weighted by atomic mass is 32.2. The van der Waals surface area contributed by atoms with Gasteiger partial charge in [0, 0.05) is 44.0 Å². The molecule has 0 spiro atoms. The predicted octanol–water partition coefficient (Wildman–Crippen LogP) is 0.193. The molecule has 118 valence electrons. The summed E-state index contributed by atoms with van der Waals surface area (Å²) in [5.74, 6) is 0. The van der Waals surface area contributed by atoms with Gasteiger partial charge in [-0.3, -0.25) is 4.90 Å². The van der Waals surface area contributed by atoms with Gasteiger partial charge in [-0.25, -0.2) is 13.6 Å². The molecule has 1 saturated heterocycles. The highest BCUT2D eigenvalue weighted by molar-refractivity contribution is 7.89. The van der Waals surface area contributed by atoms with Crippen molar-refractivity contribution in [3.8, 4) is 0 Å². The van der Waals surface area contributed by atoms with Crippen molar-refractivity contribution in [2.75, 3.05) is 37.6 Å². The van der Waals surface area contributed by atoms with E-state index in [4.69, 9.17) is 10.9 Å². The summed E-state index contributed by atoms with van der Waals surface area (Å²) >= 11 is 0. The van der Waals surface area contributed by atoms with E-state index in [1.54, 1.807) is 12.1 Å². The fourth-order valence-corrected chi connectivity index (χ4v) is 3.10. The average molecular weight is 312 g/mol. The Kier molecular flexibility index (Phi) is 4.57. The number of anilines is 1. The molecule has 1 fully saturated rings. The van der Waals surface area contributed by atoms with Crippen LogP contribution in [0.3, 0.4) is 0 Å². The van der Waals surface area contributed by atoms with E-state index in [0.717, 1.165) is 38.4 Å². The van der Waals surface area contributed by atoms with Gasteiger partial charge in [0.1, 0.15) is 0 Å². The first-order chi connectivity index (χ1) is 9.65. The van der Waals surface area contributed by atoms with Crippen LogP contribution in [0.5, 0.6) is 0 Å². The monoisotopic (exact) mass is 312 g/mol. The van der Waals surface area contributed by atoms with E-state index in [-0.39, 0.29) is 10.4 Å². The molecule has 0 radical (unpaired) electrons. The lowest BCUT2D eigenvalue weighted by Gasteiger charge is -2.38. The second-order valence-electron chi connectivity index (χ2n) is 6.29. The zero-order valence-electron chi connectivity index (χ0n) is 12.6. The number of sulfonamides is 1. The Labute approximate surface area is 126 Å². The van der Waals surface area contributed by atoms with Crippen LogP contribution in [-0.2, 0) is 10.0 Å². The maximum absolute atomic E-state index is 11.2. The molecule has 1 heterocycles. The minimum atomic E-state index is -3.62. The molecule has 0 aliphatic carbocycles. The maximum Gasteiger partial charge on any atom is 0.238 e. The fourth-order valence-electron chi connectivity index (χ4n) is 2.59. The van der Waals surface area contributed by atoms with Crippen LogP contribution in [0, 0.1) is 0 Å². The third-order valence-electron chi connectivity index (χ3n) is 3.53. The molecule has 1 aliphatic rings. The quantitative estimate of drug-likeness (QED) is 0.828. The Bertz CT molecular complexity index is 570. The number of nitrogens with zero attached hydrogens (tertiary/aromatic N) is 2. The van der Waals surface area contributed by atoms with Crippen LogP contribution in [0.25, 0.3) is 0 Å².